The number of amides is 1. The Labute approximate surface area is 199 Å². The number of ketones is 1. The van der Waals surface area contributed by atoms with Crippen molar-refractivity contribution in [2.24, 2.45) is 0 Å². The van der Waals surface area contributed by atoms with Gasteiger partial charge in [0, 0.05) is 36.1 Å². The molecular formula is C23H21N5O5S. The number of hydrogen-bond donors (Lipinski definition) is 0. The van der Waals surface area contributed by atoms with Crippen LogP contribution < -0.4 is 9.75 Å². The number of allylic oxidation sites excluding steroid dienone is 1. The number of nitro benzene ring substituents is 1. The van der Waals surface area contributed by atoms with E-state index in [0.29, 0.717) is 38.5 Å². The molecule has 1 aliphatic rings. The molecule has 0 bridgehead atoms. The molecule has 2 aromatic carbocycles. The van der Waals surface area contributed by atoms with E-state index in [0.717, 1.165) is 11.8 Å². The molecule has 3 aromatic rings. The molecule has 0 N–H and O–H groups in total. The first-order valence-corrected chi connectivity index (χ1v) is 11.3. The van der Waals surface area contributed by atoms with Crippen LogP contribution in [0.15, 0.2) is 58.6 Å². The Morgan fingerprint density at radius 3 is 2.21 bits per heavy atom. The van der Waals surface area contributed by atoms with E-state index in [2.05, 4.69) is 10.2 Å². The number of nitro groups is 1. The average molecular weight is 480 g/mol. The number of hydrogen-bond acceptors (Lipinski definition) is 8. The first-order chi connectivity index (χ1) is 16.4. The van der Waals surface area contributed by atoms with Gasteiger partial charge < -0.3 is 4.74 Å². The summed E-state index contributed by atoms with van der Waals surface area (Å²) < 4.78 is 6.81. The fourth-order valence-electron chi connectivity index (χ4n) is 3.50. The summed E-state index contributed by atoms with van der Waals surface area (Å²) in [5.41, 5.74) is 1.45. The van der Waals surface area contributed by atoms with Crippen LogP contribution in [0.4, 0.5) is 5.69 Å². The molecule has 174 valence electrons. The monoisotopic (exact) mass is 479 g/mol. The summed E-state index contributed by atoms with van der Waals surface area (Å²) in [6.45, 7) is 3.45. The van der Waals surface area contributed by atoms with Gasteiger partial charge in [0.05, 0.1) is 22.6 Å². The first kappa shape index (κ1) is 23.2. The molecule has 0 unspecified atom stereocenters. The summed E-state index contributed by atoms with van der Waals surface area (Å²) in [7, 11) is 1.57. The molecular weight excluding hydrogens is 458 g/mol. The molecule has 2 heterocycles. The largest absolute Gasteiger partial charge is 0.497 e. The number of carbonyl (C=O) groups excluding carboxylic acids is 2. The van der Waals surface area contributed by atoms with Crippen molar-refractivity contribution in [1.29, 1.82) is 0 Å². The zero-order chi connectivity index (χ0) is 24.4. The molecule has 1 aliphatic heterocycles. The van der Waals surface area contributed by atoms with Gasteiger partial charge in [0.1, 0.15) is 5.75 Å². The third kappa shape index (κ3) is 4.05. The maximum atomic E-state index is 13.3. The number of ether oxygens (including phenoxy) is 1. The van der Waals surface area contributed by atoms with E-state index in [-0.39, 0.29) is 30.2 Å². The highest BCUT2D eigenvalue weighted by atomic mass is 32.2. The topological polar surface area (TPSA) is 120 Å². The molecule has 0 atom stereocenters. The highest BCUT2D eigenvalue weighted by Gasteiger charge is 2.36. The first-order valence-electron chi connectivity index (χ1n) is 10.5. The van der Waals surface area contributed by atoms with E-state index in [4.69, 9.17) is 4.74 Å². The van der Waals surface area contributed by atoms with Gasteiger partial charge in [-0.05, 0) is 48.2 Å². The quantitative estimate of drug-likeness (QED) is 0.365. The van der Waals surface area contributed by atoms with E-state index in [1.807, 2.05) is 0 Å². The van der Waals surface area contributed by atoms with E-state index in [1.165, 1.54) is 29.3 Å². The van der Waals surface area contributed by atoms with Gasteiger partial charge in [-0.2, -0.15) is 4.68 Å². The minimum atomic E-state index is -0.499. The van der Waals surface area contributed by atoms with E-state index in [9.17, 15) is 19.7 Å². The molecule has 0 aliphatic carbocycles. The fourth-order valence-corrected chi connectivity index (χ4v) is 4.57. The van der Waals surface area contributed by atoms with E-state index in [1.54, 1.807) is 49.9 Å². The molecule has 34 heavy (non-hydrogen) atoms. The lowest BCUT2D eigenvalue weighted by Gasteiger charge is -2.33. The summed E-state index contributed by atoms with van der Waals surface area (Å²) in [5.74, 6) is 0.619. The lowest BCUT2D eigenvalue weighted by Crippen LogP contribution is -2.42. The highest BCUT2D eigenvalue weighted by Crippen LogP contribution is 2.42. The zero-order valence-electron chi connectivity index (χ0n) is 18.7. The minimum absolute atomic E-state index is 0.0894. The molecule has 0 saturated heterocycles. The number of nitrogens with zero attached hydrogens (tertiary/aromatic N) is 5. The predicted molar refractivity (Wildman–Crippen MR) is 127 cm³/mol. The summed E-state index contributed by atoms with van der Waals surface area (Å²) in [6, 6.07) is 12.9. The van der Waals surface area contributed by atoms with Gasteiger partial charge in [-0.1, -0.05) is 13.8 Å². The molecule has 0 saturated carbocycles. The Morgan fingerprint density at radius 1 is 1.00 bits per heavy atom. The molecule has 1 aromatic heterocycles. The summed E-state index contributed by atoms with van der Waals surface area (Å²) >= 11 is 1.12. The van der Waals surface area contributed by atoms with Gasteiger partial charge in [0.25, 0.3) is 5.69 Å². The Hall–Kier alpha value is -3.99. The normalized spacial score (nSPS) is 13.0. The van der Waals surface area contributed by atoms with Crippen molar-refractivity contribution in [3.63, 3.8) is 0 Å². The third-order valence-corrected chi connectivity index (χ3v) is 6.31. The molecule has 0 radical (unpaired) electrons. The van der Waals surface area contributed by atoms with Gasteiger partial charge >= 0.3 is 0 Å². The maximum Gasteiger partial charge on any atom is 0.269 e. The Kier molecular flexibility index (Phi) is 6.46. The summed E-state index contributed by atoms with van der Waals surface area (Å²) in [5, 5.41) is 21.5. The molecule has 11 heteroatoms. The van der Waals surface area contributed by atoms with Crippen molar-refractivity contribution in [3.8, 4) is 17.1 Å². The van der Waals surface area contributed by atoms with Crippen molar-refractivity contribution in [3.05, 3.63) is 69.1 Å². The maximum absolute atomic E-state index is 13.3. The number of benzene rings is 2. The summed E-state index contributed by atoms with van der Waals surface area (Å²) in [6.07, 6.45) is 0.362. The lowest BCUT2D eigenvalue weighted by atomic mass is 10.1. The van der Waals surface area contributed by atoms with E-state index >= 15 is 0 Å². The number of non-ortho nitro benzene ring substituents is 1. The third-order valence-electron chi connectivity index (χ3n) is 5.25. The number of carbonyl (C=O) groups is 2. The smallest absolute Gasteiger partial charge is 0.269 e. The van der Waals surface area contributed by atoms with Gasteiger partial charge in [0.15, 0.2) is 11.6 Å². The Bertz CT molecular complexity index is 1300. The van der Waals surface area contributed by atoms with Crippen LogP contribution in [0.25, 0.3) is 17.1 Å². The number of thioether (sulfide) groups is 1. The number of methoxy groups -OCH3 is 1. The number of aromatic nitrogens is 3. The van der Waals surface area contributed by atoms with Crippen LogP contribution in [0.2, 0.25) is 0 Å². The molecule has 0 fully saturated rings. The molecule has 10 nitrogen and oxygen atoms in total. The van der Waals surface area contributed by atoms with Gasteiger partial charge in [-0.25, -0.2) is 5.01 Å². The van der Waals surface area contributed by atoms with Crippen LogP contribution in [0.3, 0.4) is 0 Å². The molecule has 1 amide bonds. The van der Waals surface area contributed by atoms with Crippen molar-refractivity contribution in [2.45, 2.75) is 31.8 Å². The van der Waals surface area contributed by atoms with Crippen molar-refractivity contribution < 1.29 is 19.2 Å². The van der Waals surface area contributed by atoms with Gasteiger partial charge in [0.2, 0.25) is 11.1 Å². The summed E-state index contributed by atoms with van der Waals surface area (Å²) in [4.78, 5) is 37.2. The highest BCUT2D eigenvalue weighted by molar-refractivity contribution is 8.04. The van der Waals surface area contributed by atoms with Crippen LogP contribution in [-0.4, -0.2) is 38.6 Å². The van der Waals surface area contributed by atoms with Gasteiger partial charge in [-0.15, -0.1) is 10.2 Å². The van der Waals surface area contributed by atoms with Crippen LogP contribution >= 0.6 is 11.8 Å². The standard InChI is InChI=1S/C23H21N5O5S/c1-4-18(29)21-20(14-6-10-16(11-7-14)28(31)32)26(19(30)5-2)27-22(24-25-23(27)34-21)15-8-12-17(33-3)13-9-15/h6-13H,4-5H2,1-3H3. The second kappa shape index (κ2) is 9.48. The predicted octanol–water partition coefficient (Wildman–Crippen LogP) is 4.19. The van der Waals surface area contributed by atoms with Crippen molar-refractivity contribution in [2.75, 3.05) is 12.1 Å². The van der Waals surface area contributed by atoms with Gasteiger partial charge in [-0.3, -0.25) is 19.7 Å². The fraction of sp³-hybridized carbons (Fsp3) is 0.217. The Morgan fingerprint density at radius 2 is 1.65 bits per heavy atom. The minimum Gasteiger partial charge on any atom is -0.497 e. The second-order valence-corrected chi connectivity index (χ2v) is 8.24. The van der Waals surface area contributed by atoms with Crippen LogP contribution in [-0.2, 0) is 9.59 Å². The van der Waals surface area contributed by atoms with Crippen LogP contribution in [0.5, 0.6) is 5.75 Å². The number of fused-ring (bicyclic) bond motifs is 1. The van der Waals surface area contributed by atoms with Crippen molar-refractivity contribution in [1.82, 2.24) is 14.9 Å². The Balaban J connectivity index is 1.94. The number of Topliss-reactive ketones (excluding diaryl/α,β-unsaturated/α-hetero) is 1. The molecule has 0 spiro atoms. The average Bonchev–Trinajstić information content (AvgIpc) is 3.30. The SMILES string of the molecule is CCC(=O)C1=C(c2ccc([N+](=O)[O-])cc2)N(C(=O)CC)n2c(nnc2-c2ccc(OC)cc2)S1. The van der Waals surface area contributed by atoms with E-state index < -0.39 is 4.92 Å². The van der Waals surface area contributed by atoms with Crippen LogP contribution in [0.1, 0.15) is 32.3 Å². The zero-order valence-corrected chi connectivity index (χ0v) is 19.5. The van der Waals surface area contributed by atoms with Crippen LogP contribution in [0, 0.1) is 10.1 Å². The lowest BCUT2D eigenvalue weighted by molar-refractivity contribution is -0.384. The van der Waals surface area contributed by atoms with Crippen molar-refractivity contribution >= 4 is 34.8 Å². The second-order valence-electron chi connectivity index (χ2n) is 7.27. The number of rotatable bonds is 7. The molecule has 4 rings (SSSR count).